The predicted molar refractivity (Wildman–Crippen MR) is 134 cm³/mol. The molecule has 2 aromatic carbocycles. The second-order valence-electron chi connectivity index (χ2n) is 8.78. The van der Waals surface area contributed by atoms with Crippen LogP contribution >= 0.6 is 0 Å². The number of carbonyl (C=O) groups is 1. The second-order valence-corrected chi connectivity index (χ2v) is 10.7. The fourth-order valence-electron chi connectivity index (χ4n) is 4.12. The number of anilines is 1. The van der Waals surface area contributed by atoms with Gasteiger partial charge in [0.15, 0.2) is 0 Å². The minimum Gasteiger partial charge on any atom is -0.375 e. The number of amides is 1. The Balaban J connectivity index is 1.35. The van der Waals surface area contributed by atoms with Crippen molar-refractivity contribution in [3.05, 3.63) is 60.2 Å². The van der Waals surface area contributed by atoms with Crippen LogP contribution in [-0.2, 0) is 21.2 Å². The van der Waals surface area contributed by atoms with Crippen molar-refractivity contribution >= 4 is 21.6 Å². The molecule has 2 aromatic rings. The summed E-state index contributed by atoms with van der Waals surface area (Å²) in [6.45, 7) is 2.83. The summed E-state index contributed by atoms with van der Waals surface area (Å²) in [7, 11) is -1.34. The lowest BCUT2D eigenvalue weighted by atomic mass is 10.1. The van der Waals surface area contributed by atoms with Crippen LogP contribution in [0.1, 0.15) is 50.5 Å². The Kier molecular flexibility index (Phi) is 9.76. The van der Waals surface area contributed by atoms with Crippen molar-refractivity contribution in [3.63, 3.8) is 0 Å². The van der Waals surface area contributed by atoms with Gasteiger partial charge < -0.3 is 10.2 Å². The van der Waals surface area contributed by atoms with Gasteiger partial charge in [-0.25, -0.2) is 8.42 Å². The molecule has 1 N–H and O–H groups in total. The first-order chi connectivity index (χ1) is 16.0. The number of para-hydroxylation sites is 1. The molecule has 1 heterocycles. The molecule has 0 atom stereocenters. The lowest BCUT2D eigenvalue weighted by Gasteiger charge is -2.20. The molecule has 1 fully saturated rings. The Hall–Kier alpha value is -2.38. The number of carbonyl (C=O) groups excluding carboxylic acids is 1. The molecule has 0 bridgehead atoms. The van der Waals surface area contributed by atoms with Gasteiger partial charge in [0.2, 0.25) is 15.9 Å². The van der Waals surface area contributed by atoms with Crippen LogP contribution < -0.4 is 10.2 Å². The number of hydrogen-bond acceptors (Lipinski definition) is 4. The Morgan fingerprint density at radius 2 is 1.61 bits per heavy atom. The van der Waals surface area contributed by atoms with Gasteiger partial charge in [0.05, 0.1) is 4.90 Å². The van der Waals surface area contributed by atoms with Crippen LogP contribution in [0.15, 0.2) is 59.5 Å². The van der Waals surface area contributed by atoms with Crippen molar-refractivity contribution in [3.8, 4) is 0 Å². The monoisotopic (exact) mass is 471 g/mol. The smallest absolute Gasteiger partial charge is 0.243 e. The average molecular weight is 472 g/mol. The van der Waals surface area contributed by atoms with Crippen molar-refractivity contribution in [2.45, 2.75) is 56.3 Å². The number of hydrogen-bond donors (Lipinski definition) is 1. The van der Waals surface area contributed by atoms with Crippen LogP contribution in [0, 0.1) is 0 Å². The molecular weight excluding hydrogens is 434 g/mol. The molecule has 0 aromatic heterocycles. The highest BCUT2D eigenvalue weighted by Gasteiger charge is 2.24. The van der Waals surface area contributed by atoms with Crippen LogP contribution in [0.5, 0.6) is 0 Å². The highest BCUT2D eigenvalue weighted by Crippen LogP contribution is 2.21. The van der Waals surface area contributed by atoms with Gasteiger partial charge >= 0.3 is 0 Å². The van der Waals surface area contributed by atoms with E-state index in [-0.39, 0.29) is 5.91 Å². The number of nitrogens with zero attached hydrogens (tertiary/aromatic N) is 2. The van der Waals surface area contributed by atoms with Crippen LogP contribution in [0.25, 0.3) is 0 Å². The Morgan fingerprint density at radius 1 is 0.939 bits per heavy atom. The van der Waals surface area contributed by atoms with Crippen molar-refractivity contribution in [2.75, 3.05) is 38.1 Å². The van der Waals surface area contributed by atoms with Gasteiger partial charge in [0.1, 0.15) is 0 Å². The first kappa shape index (κ1) is 25.2. The van der Waals surface area contributed by atoms with Gasteiger partial charge in [-0.2, -0.15) is 4.31 Å². The third-order valence-electron chi connectivity index (χ3n) is 6.21. The number of nitrogens with one attached hydrogen (secondary N) is 1. The summed E-state index contributed by atoms with van der Waals surface area (Å²) in [4.78, 5) is 14.7. The lowest BCUT2D eigenvalue weighted by molar-refractivity contribution is -0.121. The van der Waals surface area contributed by atoms with E-state index in [9.17, 15) is 13.2 Å². The summed E-state index contributed by atoms with van der Waals surface area (Å²) in [6, 6.07) is 17.3. The SMILES string of the molecule is CN(CCCCNC(=O)CCc1ccc(S(=O)(=O)N2CCCCCC2)cc1)c1ccccc1. The van der Waals surface area contributed by atoms with Crippen molar-refractivity contribution < 1.29 is 13.2 Å². The van der Waals surface area contributed by atoms with E-state index in [0.717, 1.165) is 50.6 Å². The molecule has 6 nitrogen and oxygen atoms in total. The standard InChI is InChI=1S/C26H37N3O3S/c1-28(24-11-5-4-6-12-24)20-10-7-19-27-26(30)18-15-23-13-16-25(17-14-23)33(31,32)29-21-8-2-3-9-22-29/h4-6,11-14,16-17H,2-3,7-10,15,18-22H2,1H3,(H,27,30). The highest BCUT2D eigenvalue weighted by atomic mass is 32.2. The van der Waals surface area contributed by atoms with E-state index in [2.05, 4.69) is 29.4 Å². The Morgan fingerprint density at radius 3 is 2.27 bits per heavy atom. The number of aryl methyl sites for hydroxylation is 1. The molecule has 1 aliphatic heterocycles. The molecule has 180 valence electrons. The number of unbranched alkanes of at least 4 members (excludes halogenated alkanes) is 1. The van der Waals surface area contributed by atoms with E-state index >= 15 is 0 Å². The van der Waals surface area contributed by atoms with E-state index in [4.69, 9.17) is 0 Å². The van der Waals surface area contributed by atoms with Crippen molar-refractivity contribution in [1.82, 2.24) is 9.62 Å². The molecule has 1 saturated heterocycles. The molecule has 1 aliphatic rings. The summed E-state index contributed by atoms with van der Waals surface area (Å²) in [5.41, 5.74) is 2.18. The first-order valence-corrected chi connectivity index (χ1v) is 13.5. The minimum absolute atomic E-state index is 0.0349. The average Bonchev–Trinajstić information content (AvgIpc) is 3.13. The maximum atomic E-state index is 12.9. The topological polar surface area (TPSA) is 69.7 Å². The fraction of sp³-hybridized carbons (Fsp3) is 0.500. The van der Waals surface area contributed by atoms with Gasteiger partial charge in [-0.15, -0.1) is 0 Å². The second kappa shape index (κ2) is 12.8. The highest BCUT2D eigenvalue weighted by molar-refractivity contribution is 7.89. The number of sulfonamides is 1. The number of benzene rings is 2. The van der Waals surface area contributed by atoms with Crippen LogP contribution in [-0.4, -0.2) is 51.9 Å². The van der Waals surface area contributed by atoms with E-state index < -0.39 is 10.0 Å². The molecule has 3 rings (SSSR count). The summed E-state index contributed by atoms with van der Waals surface area (Å²) in [5, 5.41) is 2.99. The summed E-state index contributed by atoms with van der Waals surface area (Å²) < 4.78 is 27.4. The van der Waals surface area contributed by atoms with E-state index in [1.54, 1.807) is 16.4 Å². The van der Waals surface area contributed by atoms with Gasteiger partial charge in [0, 0.05) is 45.3 Å². The maximum absolute atomic E-state index is 12.9. The zero-order chi connectivity index (χ0) is 23.5. The molecule has 33 heavy (non-hydrogen) atoms. The minimum atomic E-state index is -3.42. The molecule has 1 amide bonds. The summed E-state index contributed by atoms with van der Waals surface area (Å²) in [5.74, 6) is 0.0349. The number of rotatable bonds is 11. The van der Waals surface area contributed by atoms with E-state index in [1.165, 1.54) is 5.69 Å². The molecule has 0 aliphatic carbocycles. The largest absolute Gasteiger partial charge is 0.375 e. The fourth-order valence-corrected chi connectivity index (χ4v) is 5.64. The quantitative estimate of drug-likeness (QED) is 0.498. The van der Waals surface area contributed by atoms with Crippen molar-refractivity contribution in [2.24, 2.45) is 0 Å². The van der Waals surface area contributed by atoms with Gasteiger partial charge in [-0.05, 0) is 61.9 Å². The maximum Gasteiger partial charge on any atom is 0.243 e. The lowest BCUT2D eigenvalue weighted by Crippen LogP contribution is -2.31. The normalized spacial score (nSPS) is 15.1. The molecule has 0 radical (unpaired) electrons. The molecular formula is C26H37N3O3S. The van der Waals surface area contributed by atoms with Crippen LogP contribution in [0.4, 0.5) is 5.69 Å². The Bertz CT molecular complexity index is 954. The predicted octanol–water partition coefficient (Wildman–Crippen LogP) is 4.22. The Labute approximate surface area is 199 Å². The van der Waals surface area contributed by atoms with Gasteiger partial charge in [-0.1, -0.05) is 43.2 Å². The van der Waals surface area contributed by atoms with Crippen LogP contribution in [0.2, 0.25) is 0 Å². The van der Waals surface area contributed by atoms with Crippen LogP contribution in [0.3, 0.4) is 0 Å². The van der Waals surface area contributed by atoms with Gasteiger partial charge in [0.25, 0.3) is 0 Å². The molecule has 7 heteroatoms. The zero-order valence-electron chi connectivity index (χ0n) is 19.7. The first-order valence-electron chi connectivity index (χ1n) is 12.1. The summed E-state index contributed by atoms with van der Waals surface area (Å²) >= 11 is 0. The third-order valence-corrected chi connectivity index (χ3v) is 8.12. The molecule has 0 saturated carbocycles. The molecule has 0 spiro atoms. The van der Waals surface area contributed by atoms with Crippen molar-refractivity contribution in [1.29, 1.82) is 0 Å². The van der Waals surface area contributed by atoms with Gasteiger partial charge in [-0.3, -0.25) is 4.79 Å². The molecule has 0 unspecified atom stereocenters. The van der Waals surface area contributed by atoms with E-state index in [1.807, 2.05) is 30.3 Å². The summed E-state index contributed by atoms with van der Waals surface area (Å²) in [6.07, 6.45) is 7.00. The zero-order valence-corrected chi connectivity index (χ0v) is 20.5. The van der Waals surface area contributed by atoms with E-state index in [0.29, 0.717) is 37.4 Å². The third kappa shape index (κ3) is 7.86.